The zero-order valence-electron chi connectivity index (χ0n) is 13.2. The molecule has 2 fully saturated rings. The van der Waals surface area contributed by atoms with Crippen LogP contribution >= 0.6 is 0 Å². The number of hydrogen-bond acceptors (Lipinski definition) is 3. The van der Waals surface area contributed by atoms with Gasteiger partial charge in [0.25, 0.3) is 0 Å². The molecule has 0 aromatic heterocycles. The van der Waals surface area contributed by atoms with Gasteiger partial charge in [0.2, 0.25) is 5.91 Å². The van der Waals surface area contributed by atoms with Gasteiger partial charge in [0.1, 0.15) is 0 Å². The maximum absolute atomic E-state index is 12.3. The number of carboxylic acid groups (broad SMARTS) is 1. The lowest BCUT2D eigenvalue weighted by atomic mass is 9.95. The normalized spacial score (nSPS) is 28.0. The first-order valence-electron chi connectivity index (χ1n) is 8.25. The van der Waals surface area contributed by atoms with Crippen LogP contribution in [0.4, 0.5) is 0 Å². The van der Waals surface area contributed by atoms with Crippen LogP contribution in [0.25, 0.3) is 0 Å². The molecule has 1 amide bonds. The maximum Gasteiger partial charge on any atom is 0.307 e. The fourth-order valence-electron chi connectivity index (χ4n) is 3.77. The number of nitrogens with one attached hydrogen (secondary N) is 1. The number of carboxylic acids is 1. The molecule has 1 saturated heterocycles. The van der Waals surface area contributed by atoms with E-state index in [1.54, 1.807) is 0 Å². The van der Waals surface area contributed by atoms with Crippen molar-refractivity contribution in [2.45, 2.75) is 52.0 Å². The lowest BCUT2D eigenvalue weighted by Crippen LogP contribution is -2.47. The van der Waals surface area contributed by atoms with Crippen LogP contribution in [0.15, 0.2) is 0 Å². The Morgan fingerprint density at radius 2 is 1.76 bits per heavy atom. The second-order valence-corrected chi connectivity index (χ2v) is 6.78. The van der Waals surface area contributed by atoms with Gasteiger partial charge in [-0.25, -0.2) is 0 Å². The van der Waals surface area contributed by atoms with Crippen molar-refractivity contribution >= 4 is 11.9 Å². The third kappa shape index (κ3) is 3.96. The van der Waals surface area contributed by atoms with Crippen LogP contribution in [0, 0.1) is 17.8 Å². The molecule has 1 unspecified atom stereocenters. The van der Waals surface area contributed by atoms with Crippen molar-refractivity contribution in [3.8, 4) is 0 Å². The molecule has 0 aromatic rings. The standard InChI is InChI=1S/C16H28N2O3/c1-11(2)14(18-8-3-4-9-18)10-17-15(19)12-6-5-7-13(12)16(20)21/h11-14H,3-10H2,1-2H3,(H,17,19)(H,20,21)/t12-,13+,14?/m1/s1. The summed E-state index contributed by atoms with van der Waals surface area (Å²) in [6.07, 6.45) is 4.66. The van der Waals surface area contributed by atoms with Gasteiger partial charge in [-0.05, 0) is 44.7 Å². The minimum atomic E-state index is -0.826. The lowest BCUT2D eigenvalue weighted by Gasteiger charge is -2.31. The average Bonchev–Trinajstić information content (AvgIpc) is 3.09. The largest absolute Gasteiger partial charge is 0.481 e. The zero-order chi connectivity index (χ0) is 15.4. The Bertz CT molecular complexity index is 378. The molecule has 5 heteroatoms. The van der Waals surface area contributed by atoms with E-state index in [4.69, 9.17) is 0 Å². The van der Waals surface area contributed by atoms with Crippen molar-refractivity contribution in [1.29, 1.82) is 0 Å². The van der Waals surface area contributed by atoms with Crippen LogP contribution in [0.3, 0.4) is 0 Å². The molecule has 120 valence electrons. The van der Waals surface area contributed by atoms with E-state index in [2.05, 4.69) is 24.1 Å². The number of carbonyl (C=O) groups is 2. The van der Waals surface area contributed by atoms with E-state index in [0.29, 0.717) is 31.3 Å². The highest BCUT2D eigenvalue weighted by Gasteiger charge is 2.38. The molecule has 5 nitrogen and oxygen atoms in total. The molecule has 1 aliphatic carbocycles. The minimum Gasteiger partial charge on any atom is -0.481 e. The number of likely N-dealkylation sites (tertiary alicyclic amines) is 1. The third-order valence-electron chi connectivity index (χ3n) is 5.03. The van der Waals surface area contributed by atoms with Gasteiger partial charge in [0.05, 0.1) is 11.8 Å². The van der Waals surface area contributed by atoms with Crippen LogP contribution in [0.5, 0.6) is 0 Å². The molecule has 0 aromatic carbocycles. The highest BCUT2D eigenvalue weighted by atomic mass is 16.4. The first-order valence-corrected chi connectivity index (χ1v) is 8.25. The van der Waals surface area contributed by atoms with E-state index in [1.807, 2.05) is 0 Å². The van der Waals surface area contributed by atoms with Crippen molar-refractivity contribution in [3.05, 3.63) is 0 Å². The van der Waals surface area contributed by atoms with Crippen LogP contribution in [-0.4, -0.2) is 47.6 Å². The van der Waals surface area contributed by atoms with Crippen LogP contribution in [-0.2, 0) is 9.59 Å². The Morgan fingerprint density at radius 1 is 1.14 bits per heavy atom. The van der Waals surface area contributed by atoms with Gasteiger partial charge in [-0.2, -0.15) is 0 Å². The zero-order valence-corrected chi connectivity index (χ0v) is 13.2. The molecular weight excluding hydrogens is 268 g/mol. The molecule has 2 aliphatic rings. The summed E-state index contributed by atoms with van der Waals surface area (Å²) in [7, 11) is 0. The Labute approximate surface area is 127 Å². The lowest BCUT2D eigenvalue weighted by molar-refractivity contribution is -0.146. The number of carbonyl (C=O) groups excluding carboxylic acids is 1. The fourth-order valence-corrected chi connectivity index (χ4v) is 3.77. The molecule has 0 bridgehead atoms. The molecule has 2 N–H and O–H groups in total. The van der Waals surface area contributed by atoms with Gasteiger partial charge < -0.3 is 10.4 Å². The number of rotatable bonds is 6. The molecule has 0 spiro atoms. The number of amides is 1. The van der Waals surface area contributed by atoms with Gasteiger partial charge in [0.15, 0.2) is 0 Å². The van der Waals surface area contributed by atoms with Gasteiger partial charge in [0, 0.05) is 12.6 Å². The van der Waals surface area contributed by atoms with E-state index in [9.17, 15) is 14.7 Å². The van der Waals surface area contributed by atoms with E-state index in [-0.39, 0.29) is 11.8 Å². The summed E-state index contributed by atoms with van der Waals surface area (Å²) in [5.41, 5.74) is 0. The van der Waals surface area contributed by atoms with E-state index < -0.39 is 11.9 Å². The topological polar surface area (TPSA) is 69.6 Å². The van der Waals surface area contributed by atoms with Gasteiger partial charge in [-0.1, -0.05) is 20.3 Å². The van der Waals surface area contributed by atoms with E-state index in [0.717, 1.165) is 19.5 Å². The fraction of sp³-hybridized carbons (Fsp3) is 0.875. The SMILES string of the molecule is CC(C)C(CNC(=O)[C@@H]1CCC[C@@H]1C(=O)O)N1CCCC1. The Hall–Kier alpha value is -1.10. The smallest absolute Gasteiger partial charge is 0.307 e. The number of nitrogens with zero attached hydrogens (tertiary/aromatic N) is 1. The minimum absolute atomic E-state index is 0.0650. The van der Waals surface area contributed by atoms with Crippen molar-refractivity contribution in [2.24, 2.45) is 17.8 Å². The summed E-state index contributed by atoms with van der Waals surface area (Å²) in [5.74, 6) is -1.23. The molecule has 0 radical (unpaired) electrons. The van der Waals surface area contributed by atoms with Crippen molar-refractivity contribution < 1.29 is 14.7 Å². The molecule has 21 heavy (non-hydrogen) atoms. The third-order valence-corrected chi connectivity index (χ3v) is 5.03. The van der Waals surface area contributed by atoms with Gasteiger partial charge >= 0.3 is 5.97 Å². The molecule has 3 atom stereocenters. The van der Waals surface area contributed by atoms with Crippen LogP contribution in [0.2, 0.25) is 0 Å². The van der Waals surface area contributed by atoms with Crippen LogP contribution < -0.4 is 5.32 Å². The maximum atomic E-state index is 12.3. The molecule has 1 saturated carbocycles. The summed E-state index contributed by atoms with van der Waals surface area (Å²) in [4.78, 5) is 25.9. The Balaban J connectivity index is 1.88. The Kier molecular flexibility index (Phi) is 5.62. The molecular formula is C16H28N2O3. The summed E-state index contributed by atoms with van der Waals surface area (Å²) < 4.78 is 0. The second-order valence-electron chi connectivity index (χ2n) is 6.78. The van der Waals surface area contributed by atoms with Crippen molar-refractivity contribution in [2.75, 3.05) is 19.6 Å². The summed E-state index contributed by atoms with van der Waals surface area (Å²) in [6, 6.07) is 0.362. The molecule has 2 rings (SSSR count). The number of aliphatic carboxylic acids is 1. The highest BCUT2D eigenvalue weighted by Crippen LogP contribution is 2.32. The summed E-state index contributed by atoms with van der Waals surface area (Å²) in [6.45, 7) is 7.23. The van der Waals surface area contributed by atoms with Gasteiger partial charge in [-0.3, -0.25) is 14.5 Å². The monoisotopic (exact) mass is 296 g/mol. The van der Waals surface area contributed by atoms with Gasteiger partial charge in [-0.15, -0.1) is 0 Å². The predicted molar refractivity (Wildman–Crippen MR) is 80.9 cm³/mol. The Morgan fingerprint density at radius 3 is 2.33 bits per heavy atom. The summed E-state index contributed by atoms with van der Waals surface area (Å²) >= 11 is 0. The highest BCUT2D eigenvalue weighted by molar-refractivity contribution is 5.85. The average molecular weight is 296 g/mol. The van der Waals surface area contributed by atoms with Crippen molar-refractivity contribution in [1.82, 2.24) is 10.2 Å². The van der Waals surface area contributed by atoms with Crippen molar-refractivity contribution in [3.63, 3.8) is 0 Å². The predicted octanol–water partition coefficient (Wildman–Crippen LogP) is 1.72. The number of hydrogen-bond donors (Lipinski definition) is 2. The quantitative estimate of drug-likeness (QED) is 0.783. The summed E-state index contributed by atoms with van der Waals surface area (Å²) in [5, 5.41) is 12.2. The molecule has 1 heterocycles. The van der Waals surface area contributed by atoms with E-state index >= 15 is 0 Å². The first-order chi connectivity index (χ1) is 10.0. The second kappa shape index (κ2) is 7.25. The first kappa shape index (κ1) is 16.3. The molecule has 1 aliphatic heterocycles. The van der Waals surface area contributed by atoms with Crippen LogP contribution in [0.1, 0.15) is 46.0 Å². The van der Waals surface area contributed by atoms with E-state index in [1.165, 1.54) is 12.8 Å².